The second-order valence-electron chi connectivity index (χ2n) is 7.63. The third kappa shape index (κ3) is 3.29. The van der Waals surface area contributed by atoms with Crippen molar-refractivity contribution in [1.29, 1.82) is 0 Å². The molecule has 3 rings (SSSR count). The molecule has 1 aromatic rings. The van der Waals surface area contributed by atoms with Crippen LogP contribution in [-0.4, -0.2) is 61.9 Å². The van der Waals surface area contributed by atoms with Gasteiger partial charge in [0.05, 0.1) is 10.3 Å². The van der Waals surface area contributed by atoms with E-state index in [9.17, 15) is 23.1 Å². The molecular weight excluding hydrogens is 370 g/mol. The van der Waals surface area contributed by atoms with Crippen LogP contribution in [0.2, 0.25) is 0 Å². The van der Waals surface area contributed by atoms with Crippen molar-refractivity contribution in [1.82, 2.24) is 9.21 Å². The molecule has 0 bridgehead atoms. The largest absolute Gasteiger partial charge is 0.481 e. The molecule has 1 aromatic carbocycles. The van der Waals surface area contributed by atoms with Crippen LogP contribution in [0.25, 0.3) is 0 Å². The Morgan fingerprint density at radius 1 is 1.33 bits per heavy atom. The normalized spacial score (nSPS) is 24.9. The Bertz CT molecular complexity index is 883. The first kappa shape index (κ1) is 19.6. The molecule has 2 fully saturated rings. The minimum atomic E-state index is -3.63. The lowest BCUT2D eigenvalue weighted by molar-refractivity contribution is -0.149. The number of carboxylic acid groups (broad SMARTS) is 1. The summed E-state index contributed by atoms with van der Waals surface area (Å²) in [5.74, 6) is -0.863. The molecule has 1 aliphatic carbocycles. The number of carbonyl (C=O) groups is 2. The number of nitrogens with one attached hydrogen (secondary N) is 1. The molecule has 148 valence electrons. The monoisotopic (exact) mass is 395 g/mol. The van der Waals surface area contributed by atoms with Crippen LogP contribution < -0.4 is 5.32 Å². The van der Waals surface area contributed by atoms with Crippen molar-refractivity contribution in [3.05, 3.63) is 23.8 Å². The predicted molar refractivity (Wildman–Crippen MR) is 100 cm³/mol. The van der Waals surface area contributed by atoms with Crippen molar-refractivity contribution >= 4 is 27.7 Å². The summed E-state index contributed by atoms with van der Waals surface area (Å²) in [7, 11) is -0.722. The average molecular weight is 395 g/mol. The van der Waals surface area contributed by atoms with Gasteiger partial charge in [-0.05, 0) is 43.4 Å². The minimum absolute atomic E-state index is 0.0246. The van der Waals surface area contributed by atoms with Gasteiger partial charge in [0, 0.05) is 32.9 Å². The lowest BCUT2D eigenvalue weighted by atomic mass is 9.81. The summed E-state index contributed by atoms with van der Waals surface area (Å²) >= 11 is 0. The number of hydrogen-bond acceptors (Lipinski definition) is 4. The minimum Gasteiger partial charge on any atom is -0.481 e. The molecule has 2 atom stereocenters. The Hall–Kier alpha value is -2.13. The lowest BCUT2D eigenvalue weighted by Crippen LogP contribution is -2.38. The van der Waals surface area contributed by atoms with Gasteiger partial charge in [0.15, 0.2) is 0 Å². The van der Waals surface area contributed by atoms with Gasteiger partial charge >= 0.3 is 12.0 Å². The molecular formula is C18H25N3O5S. The van der Waals surface area contributed by atoms with Gasteiger partial charge in [-0.2, -0.15) is 0 Å². The molecule has 2 N–H and O–H groups in total. The maximum Gasteiger partial charge on any atom is 0.321 e. The molecule has 0 unspecified atom stereocenters. The molecule has 1 aliphatic heterocycles. The van der Waals surface area contributed by atoms with E-state index in [1.54, 1.807) is 19.1 Å². The van der Waals surface area contributed by atoms with Crippen molar-refractivity contribution in [2.45, 2.75) is 31.1 Å². The van der Waals surface area contributed by atoms with Crippen LogP contribution >= 0.6 is 0 Å². The molecule has 1 saturated heterocycles. The van der Waals surface area contributed by atoms with Crippen LogP contribution in [0.4, 0.5) is 10.5 Å². The number of rotatable bonds is 4. The van der Waals surface area contributed by atoms with E-state index in [0.29, 0.717) is 24.2 Å². The van der Waals surface area contributed by atoms with Crippen molar-refractivity contribution < 1.29 is 23.1 Å². The van der Waals surface area contributed by atoms with Gasteiger partial charge < -0.3 is 15.3 Å². The number of carbonyl (C=O) groups excluding carboxylic acids is 1. The zero-order valence-corrected chi connectivity index (χ0v) is 16.5. The van der Waals surface area contributed by atoms with Crippen molar-refractivity contribution in [2.24, 2.45) is 11.3 Å². The summed E-state index contributed by atoms with van der Waals surface area (Å²) in [5.41, 5.74) is 0.110. The van der Waals surface area contributed by atoms with Crippen molar-refractivity contribution in [3.63, 3.8) is 0 Å². The summed E-state index contributed by atoms with van der Waals surface area (Å²) in [5, 5.41) is 12.4. The number of aliphatic carboxylic acids is 1. The number of likely N-dealkylation sites (tertiary alicyclic amines) is 1. The molecule has 2 aliphatic rings. The smallest absolute Gasteiger partial charge is 0.321 e. The molecule has 9 heteroatoms. The van der Waals surface area contributed by atoms with Crippen LogP contribution in [0.1, 0.15) is 24.8 Å². The van der Waals surface area contributed by atoms with Gasteiger partial charge in [-0.3, -0.25) is 4.79 Å². The zero-order valence-electron chi connectivity index (χ0n) is 15.7. The standard InChI is InChI=1S/C18H25N3O5S/c1-12-6-7-14(9-15(12)27(25,26)20(2)3)19-17(24)21-10-13-5-4-8-18(13,11-21)16(22)23/h6-7,9,13H,4-5,8,10-11H2,1-3H3,(H,19,24)(H,22,23)/t13-,18+/m0/s1. The number of nitrogens with zero attached hydrogens (tertiary/aromatic N) is 2. The number of amides is 2. The van der Waals surface area contributed by atoms with Crippen LogP contribution in [0.15, 0.2) is 23.1 Å². The van der Waals surface area contributed by atoms with Crippen LogP contribution in [0.5, 0.6) is 0 Å². The highest BCUT2D eigenvalue weighted by Gasteiger charge is 2.55. The fourth-order valence-corrected chi connectivity index (χ4v) is 5.29. The molecule has 0 aromatic heterocycles. The summed E-state index contributed by atoms with van der Waals surface area (Å²) in [6, 6.07) is 4.32. The third-order valence-electron chi connectivity index (χ3n) is 5.78. The fourth-order valence-electron chi connectivity index (χ4n) is 4.15. The van der Waals surface area contributed by atoms with Gasteiger partial charge in [0.25, 0.3) is 0 Å². The Balaban J connectivity index is 1.79. The van der Waals surface area contributed by atoms with E-state index in [-0.39, 0.29) is 17.4 Å². The van der Waals surface area contributed by atoms with Crippen molar-refractivity contribution in [3.8, 4) is 0 Å². The molecule has 1 saturated carbocycles. The number of benzene rings is 1. The maximum absolute atomic E-state index is 12.7. The molecule has 0 radical (unpaired) electrons. The zero-order chi connectivity index (χ0) is 20.0. The number of anilines is 1. The first-order valence-electron chi connectivity index (χ1n) is 8.90. The number of aryl methyl sites for hydroxylation is 1. The molecule has 27 heavy (non-hydrogen) atoms. The lowest BCUT2D eigenvalue weighted by Gasteiger charge is -2.23. The van der Waals surface area contributed by atoms with E-state index in [0.717, 1.165) is 17.1 Å². The first-order valence-corrected chi connectivity index (χ1v) is 10.3. The van der Waals surface area contributed by atoms with Gasteiger partial charge in [-0.25, -0.2) is 17.5 Å². The maximum atomic E-state index is 12.7. The second kappa shape index (κ2) is 6.79. The summed E-state index contributed by atoms with van der Waals surface area (Å²) < 4.78 is 26.0. The van der Waals surface area contributed by atoms with E-state index in [1.807, 2.05) is 0 Å². The van der Waals surface area contributed by atoms with E-state index in [2.05, 4.69) is 5.32 Å². The number of urea groups is 1. The van der Waals surface area contributed by atoms with Gasteiger partial charge in [-0.15, -0.1) is 0 Å². The average Bonchev–Trinajstić information content (AvgIpc) is 3.14. The summed E-state index contributed by atoms with van der Waals surface area (Å²) in [4.78, 5) is 26.1. The fraction of sp³-hybridized carbons (Fsp3) is 0.556. The molecule has 1 heterocycles. The Morgan fingerprint density at radius 3 is 2.63 bits per heavy atom. The van der Waals surface area contributed by atoms with E-state index in [4.69, 9.17) is 0 Å². The Kier molecular flexibility index (Phi) is 4.94. The first-order chi connectivity index (χ1) is 12.6. The van der Waals surface area contributed by atoms with Gasteiger partial charge in [-0.1, -0.05) is 12.5 Å². The molecule has 0 spiro atoms. The van der Waals surface area contributed by atoms with Crippen LogP contribution in [0.3, 0.4) is 0 Å². The SMILES string of the molecule is Cc1ccc(NC(=O)N2C[C@@H]3CCC[C@@]3(C(=O)O)C2)cc1S(=O)(=O)N(C)C. The van der Waals surface area contributed by atoms with Gasteiger partial charge in [0.1, 0.15) is 0 Å². The Morgan fingerprint density at radius 2 is 2.04 bits per heavy atom. The van der Waals surface area contributed by atoms with Crippen molar-refractivity contribution in [2.75, 3.05) is 32.5 Å². The third-order valence-corrected chi connectivity index (χ3v) is 7.74. The number of fused-ring (bicyclic) bond motifs is 1. The topological polar surface area (TPSA) is 107 Å². The summed E-state index contributed by atoms with van der Waals surface area (Å²) in [6.45, 7) is 2.29. The number of hydrogen-bond donors (Lipinski definition) is 2. The second-order valence-corrected chi connectivity index (χ2v) is 9.75. The van der Waals surface area contributed by atoms with E-state index >= 15 is 0 Å². The highest BCUT2D eigenvalue weighted by Crippen LogP contribution is 2.48. The molecule has 2 amide bonds. The molecule has 8 nitrogen and oxygen atoms in total. The number of sulfonamides is 1. The highest BCUT2D eigenvalue weighted by molar-refractivity contribution is 7.89. The number of carboxylic acids is 1. The van der Waals surface area contributed by atoms with Gasteiger partial charge in [0.2, 0.25) is 10.0 Å². The van der Waals surface area contributed by atoms with Crippen LogP contribution in [-0.2, 0) is 14.8 Å². The van der Waals surface area contributed by atoms with Crippen LogP contribution in [0, 0.1) is 18.3 Å². The quantitative estimate of drug-likeness (QED) is 0.810. The Labute approximate surface area is 159 Å². The summed E-state index contributed by atoms with van der Waals surface area (Å²) in [6.07, 6.45) is 2.27. The predicted octanol–water partition coefficient (Wildman–Crippen LogP) is 1.96. The van der Waals surface area contributed by atoms with E-state index in [1.165, 1.54) is 25.1 Å². The highest BCUT2D eigenvalue weighted by atomic mass is 32.2. The van der Waals surface area contributed by atoms with E-state index < -0.39 is 27.4 Å².